The second kappa shape index (κ2) is 6.69. The van der Waals surface area contributed by atoms with Gasteiger partial charge < -0.3 is 15.3 Å². The van der Waals surface area contributed by atoms with Crippen LogP contribution >= 0.6 is 11.6 Å². The molecule has 2 fully saturated rings. The zero-order chi connectivity index (χ0) is 17.3. The lowest BCUT2D eigenvalue weighted by atomic mass is 9.69. The first-order valence-corrected chi connectivity index (χ1v) is 8.49. The van der Waals surface area contributed by atoms with Crippen molar-refractivity contribution in [3.63, 3.8) is 0 Å². The number of rotatable bonds is 3. The average molecular weight is 355 g/mol. The fraction of sp³-hybridized carbons (Fsp3) is 0.529. The molecule has 2 heterocycles. The Morgan fingerprint density at radius 2 is 2.21 bits per heavy atom. The smallest absolute Gasteiger partial charge is 0.311 e. The summed E-state index contributed by atoms with van der Waals surface area (Å²) in [6, 6.07) is 4.07. The Labute approximate surface area is 144 Å². The number of nitrogens with zero attached hydrogens (tertiary/aromatic N) is 1. The van der Waals surface area contributed by atoms with Crippen LogP contribution in [-0.4, -0.2) is 47.6 Å². The van der Waals surface area contributed by atoms with E-state index >= 15 is 0 Å². The average Bonchev–Trinajstić information content (AvgIpc) is 2.57. The number of carbonyl (C=O) groups is 2. The van der Waals surface area contributed by atoms with Crippen LogP contribution in [0.25, 0.3) is 0 Å². The number of likely N-dealkylation sites (tertiary alicyclic amines) is 1. The van der Waals surface area contributed by atoms with E-state index < -0.39 is 17.2 Å². The van der Waals surface area contributed by atoms with Gasteiger partial charge in [0, 0.05) is 29.7 Å². The molecule has 0 unspecified atom stereocenters. The van der Waals surface area contributed by atoms with Crippen molar-refractivity contribution in [3.8, 4) is 0 Å². The fourth-order valence-corrected chi connectivity index (χ4v) is 4.02. The zero-order valence-corrected chi connectivity index (χ0v) is 14.0. The highest BCUT2D eigenvalue weighted by molar-refractivity contribution is 6.31. The minimum Gasteiger partial charge on any atom is -0.481 e. The summed E-state index contributed by atoms with van der Waals surface area (Å²) >= 11 is 5.99. The standard InChI is InChI=1S/C17H20ClFN2O3/c18-12-3-1-4-13(19)11(12)9-15(22)21-8-6-17(16(23)24)5-2-7-20-14(17)10-21/h1,3-4,14,20H,2,5-10H2,(H,23,24)/t14-,17+/m1/s1. The van der Waals surface area contributed by atoms with E-state index in [0.29, 0.717) is 25.9 Å². The number of halogens is 2. The van der Waals surface area contributed by atoms with Crippen molar-refractivity contribution in [3.05, 3.63) is 34.6 Å². The molecule has 1 amide bonds. The van der Waals surface area contributed by atoms with Crippen LogP contribution in [0, 0.1) is 11.2 Å². The van der Waals surface area contributed by atoms with E-state index in [9.17, 15) is 19.1 Å². The predicted octanol–water partition coefficient (Wildman–Crippen LogP) is 2.08. The molecule has 130 valence electrons. The zero-order valence-electron chi connectivity index (χ0n) is 13.2. The fourth-order valence-electron chi connectivity index (χ4n) is 3.79. The third-order valence-corrected chi connectivity index (χ3v) is 5.61. The molecular formula is C17H20ClFN2O3. The molecule has 1 aromatic carbocycles. The maximum absolute atomic E-state index is 13.9. The molecule has 0 spiro atoms. The molecule has 0 saturated carbocycles. The molecule has 24 heavy (non-hydrogen) atoms. The lowest BCUT2D eigenvalue weighted by Crippen LogP contribution is -2.63. The van der Waals surface area contributed by atoms with Gasteiger partial charge in [0.25, 0.3) is 0 Å². The van der Waals surface area contributed by atoms with Crippen molar-refractivity contribution in [2.75, 3.05) is 19.6 Å². The van der Waals surface area contributed by atoms with Gasteiger partial charge in [0.15, 0.2) is 0 Å². The van der Waals surface area contributed by atoms with E-state index in [2.05, 4.69) is 5.32 Å². The van der Waals surface area contributed by atoms with Gasteiger partial charge in [-0.15, -0.1) is 0 Å². The molecule has 3 rings (SSSR count). The number of carboxylic acids is 1. The summed E-state index contributed by atoms with van der Waals surface area (Å²) in [5.74, 6) is -1.53. The third-order valence-electron chi connectivity index (χ3n) is 5.26. The second-order valence-corrected chi connectivity index (χ2v) is 6.95. The molecule has 5 nitrogen and oxygen atoms in total. The van der Waals surface area contributed by atoms with Crippen molar-refractivity contribution >= 4 is 23.5 Å². The van der Waals surface area contributed by atoms with Crippen molar-refractivity contribution in [1.29, 1.82) is 0 Å². The van der Waals surface area contributed by atoms with Gasteiger partial charge in [0.05, 0.1) is 11.8 Å². The molecule has 2 aliphatic heterocycles. The van der Waals surface area contributed by atoms with E-state index in [0.717, 1.165) is 13.0 Å². The van der Waals surface area contributed by atoms with Crippen LogP contribution in [0.15, 0.2) is 18.2 Å². The molecule has 2 N–H and O–H groups in total. The van der Waals surface area contributed by atoms with E-state index in [1.807, 2.05) is 0 Å². The van der Waals surface area contributed by atoms with Gasteiger partial charge in [-0.25, -0.2) is 4.39 Å². The Morgan fingerprint density at radius 1 is 1.42 bits per heavy atom. The number of fused-ring (bicyclic) bond motifs is 1. The maximum Gasteiger partial charge on any atom is 0.311 e. The van der Waals surface area contributed by atoms with Crippen molar-refractivity contribution in [1.82, 2.24) is 10.2 Å². The highest BCUT2D eigenvalue weighted by Gasteiger charge is 2.50. The number of piperidine rings is 2. The van der Waals surface area contributed by atoms with Gasteiger partial charge >= 0.3 is 5.97 Å². The summed E-state index contributed by atoms with van der Waals surface area (Å²) in [5, 5.41) is 13.1. The topological polar surface area (TPSA) is 69.6 Å². The van der Waals surface area contributed by atoms with E-state index in [1.165, 1.54) is 12.1 Å². The van der Waals surface area contributed by atoms with Crippen molar-refractivity contribution in [2.24, 2.45) is 5.41 Å². The first-order valence-electron chi connectivity index (χ1n) is 8.11. The summed E-state index contributed by atoms with van der Waals surface area (Å²) in [5.41, 5.74) is -0.610. The van der Waals surface area contributed by atoms with Crippen LogP contribution in [0.5, 0.6) is 0 Å². The van der Waals surface area contributed by atoms with Gasteiger partial charge in [-0.05, 0) is 37.9 Å². The summed E-state index contributed by atoms with van der Waals surface area (Å²) in [4.78, 5) is 25.9. The van der Waals surface area contributed by atoms with Crippen LogP contribution < -0.4 is 5.32 Å². The van der Waals surface area contributed by atoms with Crippen molar-refractivity contribution in [2.45, 2.75) is 31.7 Å². The summed E-state index contributed by atoms with van der Waals surface area (Å²) in [6.45, 7) is 1.45. The Kier molecular flexibility index (Phi) is 4.78. The minimum absolute atomic E-state index is 0.113. The predicted molar refractivity (Wildman–Crippen MR) is 87.4 cm³/mol. The minimum atomic E-state index is -0.802. The summed E-state index contributed by atoms with van der Waals surface area (Å²) < 4.78 is 13.9. The van der Waals surface area contributed by atoms with Crippen LogP contribution in [0.2, 0.25) is 5.02 Å². The number of benzene rings is 1. The molecule has 0 bridgehead atoms. The number of hydrogen-bond donors (Lipinski definition) is 2. The largest absolute Gasteiger partial charge is 0.481 e. The van der Waals surface area contributed by atoms with E-state index in [4.69, 9.17) is 11.6 Å². The first kappa shape index (κ1) is 17.2. The van der Waals surface area contributed by atoms with Crippen LogP contribution in [0.3, 0.4) is 0 Å². The molecule has 0 aromatic heterocycles. The molecule has 1 aromatic rings. The normalized spacial score (nSPS) is 26.8. The number of carbonyl (C=O) groups excluding carboxylic acids is 1. The maximum atomic E-state index is 13.9. The van der Waals surface area contributed by atoms with Crippen LogP contribution in [-0.2, 0) is 16.0 Å². The second-order valence-electron chi connectivity index (χ2n) is 6.54. The summed E-state index contributed by atoms with van der Waals surface area (Å²) in [7, 11) is 0. The molecule has 0 radical (unpaired) electrons. The van der Waals surface area contributed by atoms with Gasteiger partial charge in [0.2, 0.25) is 5.91 Å². The van der Waals surface area contributed by atoms with Crippen LogP contribution in [0.1, 0.15) is 24.8 Å². The Balaban J connectivity index is 1.73. The molecular weight excluding hydrogens is 335 g/mol. The number of nitrogens with one attached hydrogen (secondary N) is 1. The monoisotopic (exact) mass is 354 g/mol. The first-order chi connectivity index (χ1) is 11.4. The molecule has 2 atom stereocenters. The van der Waals surface area contributed by atoms with E-state index in [1.54, 1.807) is 11.0 Å². The molecule has 0 aliphatic carbocycles. The van der Waals surface area contributed by atoms with Crippen LogP contribution in [0.4, 0.5) is 4.39 Å². The number of hydrogen-bond acceptors (Lipinski definition) is 3. The highest BCUT2D eigenvalue weighted by atomic mass is 35.5. The summed E-state index contributed by atoms with van der Waals surface area (Å²) in [6.07, 6.45) is 1.75. The number of amides is 1. The lowest BCUT2D eigenvalue weighted by molar-refractivity contribution is -0.159. The Hall–Kier alpha value is -1.66. The quantitative estimate of drug-likeness (QED) is 0.872. The SMILES string of the molecule is O=C(Cc1c(F)cccc1Cl)N1CC[C@@]2(C(=O)O)CCCN[C@@H]2C1. The van der Waals surface area contributed by atoms with Gasteiger partial charge in [-0.2, -0.15) is 0 Å². The molecule has 2 saturated heterocycles. The Morgan fingerprint density at radius 3 is 2.92 bits per heavy atom. The van der Waals surface area contributed by atoms with Gasteiger partial charge in [0.1, 0.15) is 5.82 Å². The van der Waals surface area contributed by atoms with Gasteiger partial charge in [-0.3, -0.25) is 9.59 Å². The molecule has 7 heteroatoms. The number of aliphatic carboxylic acids is 1. The Bertz CT molecular complexity index is 649. The highest BCUT2D eigenvalue weighted by Crippen LogP contribution is 2.39. The number of carboxylic acid groups (broad SMARTS) is 1. The van der Waals surface area contributed by atoms with Crippen molar-refractivity contribution < 1.29 is 19.1 Å². The van der Waals surface area contributed by atoms with E-state index in [-0.39, 0.29) is 29.0 Å². The molecule has 2 aliphatic rings. The lowest BCUT2D eigenvalue weighted by Gasteiger charge is -2.48. The third kappa shape index (κ3) is 3.00. The van der Waals surface area contributed by atoms with Gasteiger partial charge in [-0.1, -0.05) is 17.7 Å².